The van der Waals surface area contributed by atoms with E-state index < -0.39 is 6.10 Å². The number of guanidine groups is 1. The lowest BCUT2D eigenvalue weighted by Crippen LogP contribution is -2.36. The van der Waals surface area contributed by atoms with Crippen LogP contribution < -0.4 is 15.2 Å². The summed E-state index contributed by atoms with van der Waals surface area (Å²) in [5.41, 5.74) is 6.56. The maximum absolute atomic E-state index is 10.3. The van der Waals surface area contributed by atoms with Crippen molar-refractivity contribution in [3.63, 3.8) is 0 Å². The minimum absolute atomic E-state index is 0.187. The molecule has 1 aliphatic carbocycles. The topological polar surface area (TPSA) is 80.3 Å². The van der Waals surface area contributed by atoms with E-state index in [0.29, 0.717) is 29.1 Å². The van der Waals surface area contributed by atoms with E-state index in [2.05, 4.69) is 4.99 Å². The van der Waals surface area contributed by atoms with E-state index in [1.165, 1.54) is 0 Å². The lowest BCUT2D eigenvalue weighted by atomic mass is 10.1. The van der Waals surface area contributed by atoms with E-state index >= 15 is 0 Å². The molecular formula is C15H23N3O3. The predicted octanol–water partition coefficient (Wildman–Crippen LogP) is 1.15. The van der Waals surface area contributed by atoms with Gasteiger partial charge in [0.25, 0.3) is 0 Å². The molecule has 1 unspecified atom stereocenters. The van der Waals surface area contributed by atoms with Crippen LogP contribution in [0.3, 0.4) is 0 Å². The number of nitrogens with zero attached hydrogens (tertiary/aromatic N) is 2. The molecule has 0 aromatic heterocycles. The quantitative estimate of drug-likeness (QED) is 0.607. The molecule has 0 aliphatic heterocycles. The number of rotatable bonds is 6. The number of hydrogen-bond acceptors (Lipinski definition) is 4. The average Bonchev–Trinajstić information content (AvgIpc) is 3.35. The number of hydrogen-bond donors (Lipinski definition) is 2. The second-order valence-electron chi connectivity index (χ2n) is 5.16. The number of aliphatic hydroxyl groups is 1. The Kier molecular flexibility index (Phi) is 4.90. The van der Waals surface area contributed by atoms with Crippen LogP contribution in [0.25, 0.3) is 0 Å². The second kappa shape index (κ2) is 6.67. The Hall–Kier alpha value is -1.95. The third-order valence-corrected chi connectivity index (χ3v) is 3.68. The molecule has 6 heteroatoms. The van der Waals surface area contributed by atoms with Crippen molar-refractivity contribution in [2.24, 2.45) is 10.7 Å². The summed E-state index contributed by atoms with van der Waals surface area (Å²) in [5.74, 6) is 1.72. The molecule has 0 radical (unpaired) electrons. The number of nitrogens with two attached hydrogens (primary N) is 1. The fourth-order valence-electron chi connectivity index (χ4n) is 2.14. The Morgan fingerprint density at radius 3 is 2.71 bits per heavy atom. The molecule has 1 aromatic carbocycles. The molecule has 0 bridgehead atoms. The van der Waals surface area contributed by atoms with Crippen molar-refractivity contribution in [2.75, 3.05) is 27.8 Å². The van der Waals surface area contributed by atoms with Gasteiger partial charge in [0, 0.05) is 18.7 Å². The second-order valence-corrected chi connectivity index (χ2v) is 5.16. The van der Waals surface area contributed by atoms with Crippen LogP contribution in [0.4, 0.5) is 0 Å². The van der Waals surface area contributed by atoms with Gasteiger partial charge in [-0.1, -0.05) is 0 Å². The fraction of sp³-hybridized carbons (Fsp3) is 0.533. The SMILES string of the molecule is COc1ccc(OC)c(C(O)CN=C(N)N(C)C2CC2)c1. The summed E-state index contributed by atoms with van der Waals surface area (Å²) in [5, 5.41) is 10.3. The van der Waals surface area contributed by atoms with Crippen molar-refractivity contribution in [1.82, 2.24) is 4.90 Å². The highest BCUT2D eigenvalue weighted by Gasteiger charge is 2.27. The molecule has 0 heterocycles. The van der Waals surface area contributed by atoms with Gasteiger partial charge in [-0.2, -0.15) is 0 Å². The van der Waals surface area contributed by atoms with Gasteiger partial charge in [0.2, 0.25) is 0 Å². The van der Waals surface area contributed by atoms with Gasteiger partial charge in [0.15, 0.2) is 5.96 Å². The van der Waals surface area contributed by atoms with Gasteiger partial charge in [-0.05, 0) is 31.0 Å². The van der Waals surface area contributed by atoms with Crippen LogP contribution in [0.2, 0.25) is 0 Å². The molecule has 6 nitrogen and oxygen atoms in total. The summed E-state index contributed by atoms with van der Waals surface area (Å²) < 4.78 is 10.4. The van der Waals surface area contributed by atoms with Gasteiger partial charge in [-0.25, -0.2) is 0 Å². The van der Waals surface area contributed by atoms with E-state index in [-0.39, 0.29) is 6.54 Å². The Labute approximate surface area is 125 Å². The molecule has 1 atom stereocenters. The van der Waals surface area contributed by atoms with Crippen molar-refractivity contribution >= 4 is 5.96 Å². The van der Waals surface area contributed by atoms with Crippen molar-refractivity contribution in [3.05, 3.63) is 23.8 Å². The molecule has 1 aromatic rings. The molecule has 1 aliphatic rings. The normalized spacial score (nSPS) is 16.5. The minimum Gasteiger partial charge on any atom is -0.497 e. The van der Waals surface area contributed by atoms with E-state index in [0.717, 1.165) is 12.8 Å². The van der Waals surface area contributed by atoms with Crippen molar-refractivity contribution in [1.29, 1.82) is 0 Å². The smallest absolute Gasteiger partial charge is 0.191 e. The van der Waals surface area contributed by atoms with Crippen molar-refractivity contribution < 1.29 is 14.6 Å². The van der Waals surface area contributed by atoms with E-state index in [4.69, 9.17) is 15.2 Å². The van der Waals surface area contributed by atoms with E-state index in [1.54, 1.807) is 32.4 Å². The Morgan fingerprint density at radius 1 is 1.43 bits per heavy atom. The first-order valence-electron chi connectivity index (χ1n) is 6.99. The summed E-state index contributed by atoms with van der Waals surface area (Å²) in [7, 11) is 5.07. The van der Waals surface area contributed by atoms with E-state index in [9.17, 15) is 5.11 Å². The molecule has 21 heavy (non-hydrogen) atoms. The maximum Gasteiger partial charge on any atom is 0.191 e. The molecule has 116 valence electrons. The van der Waals surface area contributed by atoms with Crippen LogP contribution in [0.1, 0.15) is 24.5 Å². The molecule has 1 fully saturated rings. The van der Waals surface area contributed by atoms with Gasteiger partial charge in [0.1, 0.15) is 17.6 Å². The maximum atomic E-state index is 10.3. The summed E-state index contributed by atoms with van der Waals surface area (Å²) in [4.78, 5) is 6.22. The van der Waals surface area contributed by atoms with Crippen LogP contribution in [-0.4, -0.2) is 49.8 Å². The highest BCUT2D eigenvalue weighted by molar-refractivity contribution is 5.78. The monoisotopic (exact) mass is 293 g/mol. The van der Waals surface area contributed by atoms with Crippen LogP contribution in [0.15, 0.2) is 23.2 Å². The zero-order valence-electron chi connectivity index (χ0n) is 12.7. The highest BCUT2D eigenvalue weighted by Crippen LogP contribution is 2.30. The molecule has 3 N–H and O–H groups in total. The predicted molar refractivity (Wildman–Crippen MR) is 81.8 cm³/mol. The Morgan fingerprint density at radius 2 is 2.14 bits per heavy atom. The van der Waals surface area contributed by atoms with Gasteiger partial charge >= 0.3 is 0 Å². The van der Waals surface area contributed by atoms with Crippen molar-refractivity contribution in [2.45, 2.75) is 25.0 Å². The largest absolute Gasteiger partial charge is 0.497 e. The number of aliphatic hydroxyl groups excluding tert-OH is 1. The average molecular weight is 293 g/mol. The first kappa shape index (κ1) is 15.4. The number of ether oxygens (including phenoxy) is 2. The fourth-order valence-corrected chi connectivity index (χ4v) is 2.14. The standard InChI is InChI=1S/C15H23N3O3/c1-18(10-4-5-10)15(16)17-9-13(19)12-8-11(20-2)6-7-14(12)21-3/h6-8,10,13,19H,4-5,9H2,1-3H3,(H2,16,17). The lowest BCUT2D eigenvalue weighted by molar-refractivity contribution is 0.181. The highest BCUT2D eigenvalue weighted by atomic mass is 16.5. The minimum atomic E-state index is -0.791. The zero-order chi connectivity index (χ0) is 15.4. The molecule has 0 amide bonds. The Bertz CT molecular complexity index is 515. The molecule has 2 rings (SSSR count). The summed E-state index contributed by atoms with van der Waals surface area (Å²) in [6.45, 7) is 0.187. The van der Waals surface area contributed by atoms with Gasteiger partial charge in [-0.3, -0.25) is 4.99 Å². The van der Waals surface area contributed by atoms with Crippen LogP contribution in [0.5, 0.6) is 11.5 Å². The summed E-state index contributed by atoms with van der Waals surface area (Å²) in [6, 6.07) is 5.80. The molecular weight excluding hydrogens is 270 g/mol. The van der Waals surface area contributed by atoms with Gasteiger partial charge < -0.3 is 25.2 Å². The first-order valence-corrected chi connectivity index (χ1v) is 6.99. The lowest BCUT2D eigenvalue weighted by Gasteiger charge is -2.18. The summed E-state index contributed by atoms with van der Waals surface area (Å²) >= 11 is 0. The molecule has 0 saturated heterocycles. The first-order chi connectivity index (χ1) is 10.1. The summed E-state index contributed by atoms with van der Waals surface area (Å²) in [6.07, 6.45) is 1.51. The van der Waals surface area contributed by atoms with Crippen LogP contribution >= 0.6 is 0 Å². The third kappa shape index (κ3) is 3.78. The third-order valence-electron chi connectivity index (χ3n) is 3.68. The van der Waals surface area contributed by atoms with Crippen LogP contribution in [-0.2, 0) is 0 Å². The Balaban J connectivity index is 2.08. The van der Waals surface area contributed by atoms with Gasteiger partial charge in [0.05, 0.1) is 20.8 Å². The number of benzene rings is 1. The number of methoxy groups -OCH3 is 2. The van der Waals surface area contributed by atoms with Crippen molar-refractivity contribution in [3.8, 4) is 11.5 Å². The zero-order valence-corrected chi connectivity index (χ0v) is 12.7. The van der Waals surface area contributed by atoms with Crippen LogP contribution in [0, 0.1) is 0 Å². The van der Waals surface area contributed by atoms with E-state index in [1.807, 2.05) is 11.9 Å². The number of aliphatic imine (C=N–C) groups is 1. The molecule has 1 saturated carbocycles. The van der Waals surface area contributed by atoms with Gasteiger partial charge in [-0.15, -0.1) is 0 Å². The molecule has 0 spiro atoms.